The summed E-state index contributed by atoms with van der Waals surface area (Å²) in [6.45, 7) is 7.45. The molecule has 0 spiro atoms. The average molecular weight is 394 g/mol. The number of nitrogens with zero attached hydrogens (tertiary/aromatic N) is 3. The number of carboxylic acid groups (broad SMARTS) is 1. The third kappa shape index (κ3) is 4.70. The molecule has 1 N–H and O–H groups in total. The second kappa shape index (κ2) is 9.17. The van der Waals surface area contributed by atoms with Gasteiger partial charge in [0, 0.05) is 30.6 Å². The largest absolute Gasteiger partial charge is 0.480 e. The Morgan fingerprint density at radius 1 is 1.30 bits per heavy atom. The quantitative estimate of drug-likeness (QED) is 0.772. The maximum atomic E-state index is 13.2. The first-order valence-electron chi connectivity index (χ1n) is 10.0. The minimum absolute atomic E-state index is 0.103. The molecule has 2 atom stereocenters. The second-order valence-electron chi connectivity index (χ2n) is 7.61. The van der Waals surface area contributed by atoms with Gasteiger partial charge < -0.3 is 10.0 Å². The van der Waals surface area contributed by atoms with E-state index in [9.17, 15) is 9.59 Å². The molecule has 2 unspecified atom stereocenters. The number of likely N-dealkylation sites (tertiary alicyclic amines) is 2. The number of hydrogen-bond acceptors (Lipinski definition) is 5. The minimum atomic E-state index is -0.767. The number of aliphatic carboxylic acids is 1. The Bertz CT molecular complexity index is 628. The standard InChI is InChI=1S/C20H31N3O3S/c1-3-21(14-19(24)25)16-8-11-22(12-9-16)15(2)20(26)23-10-4-6-17(23)18-7-5-13-27-18/h5,7,13,15-17H,3-4,6,8-12,14H2,1-2H3,(H,24,25). The lowest BCUT2D eigenvalue weighted by Crippen LogP contribution is -2.52. The lowest BCUT2D eigenvalue weighted by molar-refractivity contribution is -0.139. The molecular formula is C20H31N3O3S. The first-order valence-corrected chi connectivity index (χ1v) is 10.9. The maximum absolute atomic E-state index is 13.2. The summed E-state index contributed by atoms with van der Waals surface area (Å²) in [5.74, 6) is -0.529. The van der Waals surface area contributed by atoms with E-state index in [1.807, 2.05) is 18.7 Å². The van der Waals surface area contributed by atoms with Gasteiger partial charge >= 0.3 is 5.97 Å². The van der Waals surface area contributed by atoms with Crippen LogP contribution in [0, 0.1) is 0 Å². The van der Waals surface area contributed by atoms with Gasteiger partial charge in [0.15, 0.2) is 0 Å². The Morgan fingerprint density at radius 3 is 2.63 bits per heavy atom. The number of carbonyl (C=O) groups excluding carboxylic acids is 1. The van der Waals surface area contributed by atoms with Crippen LogP contribution in [0.5, 0.6) is 0 Å². The van der Waals surface area contributed by atoms with Crippen molar-refractivity contribution >= 4 is 23.2 Å². The molecule has 2 fully saturated rings. The molecule has 2 aliphatic rings. The summed E-state index contributed by atoms with van der Waals surface area (Å²) in [7, 11) is 0. The van der Waals surface area contributed by atoms with Crippen molar-refractivity contribution < 1.29 is 14.7 Å². The van der Waals surface area contributed by atoms with Crippen LogP contribution in [0.25, 0.3) is 0 Å². The predicted molar refractivity (Wildman–Crippen MR) is 107 cm³/mol. The van der Waals surface area contributed by atoms with Crippen molar-refractivity contribution in [2.75, 3.05) is 32.7 Å². The van der Waals surface area contributed by atoms with Crippen LogP contribution in [-0.4, -0.2) is 76.5 Å². The molecule has 1 amide bonds. The van der Waals surface area contributed by atoms with Gasteiger partial charge in [0.1, 0.15) is 0 Å². The van der Waals surface area contributed by atoms with Crippen LogP contribution in [0.4, 0.5) is 0 Å². The van der Waals surface area contributed by atoms with Crippen LogP contribution in [0.3, 0.4) is 0 Å². The number of carbonyl (C=O) groups is 2. The monoisotopic (exact) mass is 393 g/mol. The van der Waals surface area contributed by atoms with Crippen molar-refractivity contribution in [2.45, 2.75) is 57.7 Å². The van der Waals surface area contributed by atoms with Crippen LogP contribution in [0.1, 0.15) is 50.4 Å². The average Bonchev–Trinajstić information content (AvgIpc) is 3.36. The zero-order chi connectivity index (χ0) is 19.4. The van der Waals surface area contributed by atoms with E-state index in [1.54, 1.807) is 11.3 Å². The van der Waals surface area contributed by atoms with Gasteiger partial charge in [-0.25, -0.2) is 0 Å². The topological polar surface area (TPSA) is 64.1 Å². The molecule has 1 aromatic rings. The van der Waals surface area contributed by atoms with E-state index < -0.39 is 5.97 Å². The third-order valence-electron chi connectivity index (χ3n) is 6.07. The number of hydrogen-bond donors (Lipinski definition) is 1. The smallest absolute Gasteiger partial charge is 0.317 e. The summed E-state index contributed by atoms with van der Waals surface area (Å²) in [6, 6.07) is 4.63. The first kappa shape index (κ1) is 20.3. The molecule has 1 aromatic heterocycles. The van der Waals surface area contributed by atoms with E-state index >= 15 is 0 Å². The summed E-state index contributed by atoms with van der Waals surface area (Å²) < 4.78 is 0. The first-order chi connectivity index (χ1) is 13.0. The Morgan fingerprint density at radius 2 is 2.04 bits per heavy atom. The molecule has 0 bridgehead atoms. The minimum Gasteiger partial charge on any atom is -0.480 e. The van der Waals surface area contributed by atoms with Gasteiger partial charge in [0.2, 0.25) is 5.91 Å². The highest BCUT2D eigenvalue weighted by Crippen LogP contribution is 2.35. The van der Waals surface area contributed by atoms with E-state index in [-0.39, 0.29) is 24.5 Å². The summed E-state index contributed by atoms with van der Waals surface area (Å²) in [4.78, 5) is 31.9. The predicted octanol–water partition coefficient (Wildman–Crippen LogP) is 2.67. The van der Waals surface area contributed by atoms with Crippen molar-refractivity contribution in [3.05, 3.63) is 22.4 Å². The van der Waals surface area contributed by atoms with Gasteiger partial charge in [-0.1, -0.05) is 13.0 Å². The number of carboxylic acids is 1. The molecule has 3 heterocycles. The molecule has 3 rings (SSSR count). The van der Waals surface area contributed by atoms with E-state index in [1.165, 1.54) is 4.88 Å². The van der Waals surface area contributed by atoms with Gasteiger partial charge in [-0.05, 0) is 50.6 Å². The summed E-state index contributed by atoms with van der Waals surface area (Å²) in [5.41, 5.74) is 0. The van der Waals surface area contributed by atoms with Crippen molar-refractivity contribution in [1.29, 1.82) is 0 Å². The van der Waals surface area contributed by atoms with Crippen LogP contribution in [0.15, 0.2) is 17.5 Å². The molecular weight excluding hydrogens is 362 g/mol. The van der Waals surface area contributed by atoms with Gasteiger partial charge in [-0.2, -0.15) is 0 Å². The van der Waals surface area contributed by atoms with Crippen molar-refractivity contribution in [3.8, 4) is 0 Å². The van der Waals surface area contributed by atoms with Gasteiger partial charge in [0.25, 0.3) is 0 Å². The Labute approximate surface area is 165 Å². The normalized spacial score (nSPS) is 23.1. The lowest BCUT2D eigenvalue weighted by atomic mass is 10.0. The summed E-state index contributed by atoms with van der Waals surface area (Å²) in [5, 5.41) is 11.2. The highest BCUT2D eigenvalue weighted by Gasteiger charge is 2.36. The Balaban J connectivity index is 1.56. The van der Waals surface area contributed by atoms with E-state index in [0.29, 0.717) is 6.04 Å². The maximum Gasteiger partial charge on any atom is 0.317 e. The SMILES string of the molecule is CCN(CC(=O)O)C1CCN(C(C)C(=O)N2CCCC2c2cccs2)CC1. The molecule has 6 nitrogen and oxygen atoms in total. The molecule has 7 heteroatoms. The number of amides is 1. The fourth-order valence-electron chi connectivity index (χ4n) is 4.51. The van der Waals surface area contributed by atoms with E-state index in [2.05, 4.69) is 27.3 Å². The number of piperidine rings is 1. The Hall–Kier alpha value is -1.44. The van der Waals surface area contributed by atoms with E-state index in [4.69, 9.17) is 5.11 Å². The van der Waals surface area contributed by atoms with Crippen LogP contribution >= 0.6 is 11.3 Å². The van der Waals surface area contributed by atoms with Gasteiger partial charge in [-0.15, -0.1) is 11.3 Å². The third-order valence-corrected chi connectivity index (χ3v) is 7.05. The van der Waals surface area contributed by atoms with Gasteiger partial charge in [0.05, 0.1) is 18.6 Å². The van der Waals surface area contributed by atoms with Crippen molar-refractivity contribution in [3.63, 3.8) is 0 Å². The van der Waals surface area contributed by atoms with E-state index in [0.717, 1.165) is 51.9 Å². The molecule has 0 aliphatic carbocycles. The molecule has 0 aromatic carbocycles. The molecule has 2 aliphatic heterocycles. The van der Waals surface area contributed by atoms with Crippen LogP contribution in [-0.2, 0) is 9.59 Å². The van der Waals surface area contributed by atoms with Crippen LogP contribution in [0.2, 0.25) is 0 Å². The van der Waals surface area contributed by atoms with Gasteiger partial charge in [-0.3, -0.25) is 19.4 Å². The zero-order valence-corrected chi connectivity index (χ0v) is 17.2. The molecule has 150 valence electrons. The highest BCUT2D eigenvalue weighted by atomic mass is 32.1. The molecule has 0 radical (unpaired) electrons. The lowest BCUT2D eigenvalue weighted by Gasteiger charge is -2.40. The molecule has 27 heavy (non-hydrogen) atoms. The summed E-state index contributed by atoms with van der Waals surface area (Å²) in [6.07, 6.45) is 3.98. The Kier molecular flexibility index (Phi) is 6.89. The molecule has 0 saturated carbocycles. The fourth-order valence-corrected chi connectivity index (χ4v) is 5.39. The number of likely N-dealkylation sites (N-methyl/N-ethyl adjacent to an activating group) is 1. The second-order valence-corrected chi connectivity index (χ2v) is 8.58. The van der Waals surface area contributed by atoms with Crippen LogP contribution < -0.4 is 0 Å². The molecule has 2 saturated heterocycles. The number of rotatable bonds is 7. The summed E-state index contributed by atoms with van der Waals surface area (Å²) >= 11 is 1.74. The van der Waals surface area contributed by atoms with Crippen molar-refractivity contribution in [1.82, 2.24) is 14.7 Å². The fraction of sp³-hybridized carbons (Fsp3) is 0.700. The highest BCUT2D eigenvalue weighted by molar-refractivity contribution is 7.10. The van der Waals surface area contributed by atoms with Crippen molar-refractivity contribution in [2.24, 2.45) is 0 Å². The zero-order valence-electron chi connectivity index (χ0n) is 16.3. The number of thiophene rings is 1.